The molecular weight excluding hydrogens is 172 g/mol. The van der Waals surface area contributed by atoms with Crippen molar-refractivity contribution in [1.29, 1.82) is 0 Å². The summed E-state index contributed by atoms with van der Waals surface area (Å²) in [6.45, 7) is 3.46. The number of rotatable bonds is 1. The smallest absolute Gasteiger partial charge is 0.245 e. The maximum atomic E-state index is 5.15. The lowest BCUT2D eigenvalue weighted by Crippen LogP contribution is -1.98. The van der Waals surface area contributed by atoms with Gasteiger partial charge in [-0.25, -0.2) is 5.43 Å². The molecule has 6 nitrogen and oxygen atoms in total. The number of hydrogen-bond donors (Lipinski definition) is 1. The molecule has 0 bridgehead atoms. The lowest BCUT2D eigenvalue weighted by atomic mass is 10.6. The topological polar surface area (TPSA) is 72.5 Å². The minimum atomic E-state index is 0.393. The Morgan fingerprint density at radius 2 is 2.15 bits per heavy atom. The summed E-state index contributed by atoms with van der Waals surface area (Å²) in [5.41, 5.74) is 2.66. The van der Waals surface area contributed by atoms with Crippen molar-refractivity contribution in [3.8, 4) is 0 Å². The van der Waals surface area contributed by atoms with Gasteiger partial charge in [0.25, 0.3) is 0 Å². The van der Waals surface area contributed by atoms with Gasteiger partial charge in [0.05, 0.1) is 6.08 Å². The van der Waals surface area contributed by atoms with Gasteiger partial charge in [0, 0.05) is 13.8 Å². The fourth-order valence-corrected chi connectivity index (χ4v) is 0.883. The van der Waals surface area contributed by atoms with Crippen LogP contribution in [0.4, 0.5) is 0 Å². The van der Waals surface area contributed by atoms with Crippen LogP contribution in [0.3, 0.4) is 0 Å². The fraction of sp³-hybridized carbons (Fsp3) is 0.286. The Balaban J connectivity index is 2.14. The van der Waals surface area contributed by atoms with Gasteiger partial charge in [-0.2, -0.15) is 0 Å². The molecule has 0 aliphatic carbocycles. The molecule has 0 radical (unpaired) electrons. The van der Waals surface area contributed by atoms with Crippen molar-refractivity contribution in [3.63, 3.8) is 0 Å². The Hall–Kier alpha value is -1.85. The van der Waals surface area contributed by atoms with Crippen LogP contribution in [0.25, 0.3) is 6.08 Å². The largest absolute Gasteiger partial charge is 0.424 e. The van der Waals surface area contributed by atoms with Crippen LogP contribution in [0, 0.1) is 6.92 Å². The minimum absolute atomic E-state index is 0.393. The van der Waals surface area contributed by atoms with Crippen LogP contribution in [0.1, 0.15) is 18.7 Å². The third-order valence-corrected chi connectivity index (χ3v) is 1.38. The Morgan fingerprint density at radius 3 is 2.69 bits per heavy atom. The van der Waals surface area contributed by atoms with Crippen molar-refractivity contribution < 1.29 is 9.15 Å². The predicted molar refractivity (Wildman–Crippen MR) is 44.3 cm³/mol. The number of hydrazone groups is 1. The Kier molecular flexibility index (Phi) is 1.73. The van der Waals surface area contributed by atoms with Gasteiger partial charge >= 0.3 is 0 Å². The summed E-state index contributed by atoms with van der Waals surface area (Å²) in [7, 11) is 0. The van der Waals surface area contributed by atoms with Crippen LogP contribution in [0.15, 0.2) is 15.4 Å². The van der Waals surface area contributed by atoms with Gasteiger partial charge in [-0.15, -0.1) is 15.3 Å². The van der Waals surface area contributed by atoms with Crippen molar-refractivity contribution >= 4 is 12.0 Å². The van der Waals surface area contributed by atoms with Crippen molar-refractivity contribution in [1.82, 2.24) is 15.6 Å². The molecule has 0 saturated heterocycles. The van der Waals surface area contributed by atoms with Gasteiger partial charge in [0.15, 0.2) is 0 Å². The molecule has 68 valence electrons. The van der Waals surface area contributed by atoms with Crippen molar-refractivity contribution in [2.75, 3.05) is 0 Å². The van der Waals surface area contributed by atoms with Crippen molar-refractivity contribution in [2.24, 2.45) is 5.10 Å². The standard InChI is InChI=1S/C7H8N4O2/c1-4-8-10-6(12-4)3-7-11-9-5(2)13-7/h3,10H,1-2H3/b6-3+. The molecule has 6 heteroatoms. The molecule has 0 amide bonds. The van der Waals surface area contributed by atoms with Crippen LogP contribution >= 0.6 is 0 Å². The Labute approximate surface area is 74.3 Å². The number of nitrogens with one attached hydrogen (secondary N) is 1. The number of nitrogens with zero attached hydrogens (tertiary/aromatic N) is 3. The molecule has 2 heterocycles. The second kappa shape index (κ2) is 2.89. The molecule has 1 N–H and O–H groups in total. The third-order valence-electron chi connectivity index (χ3n) is 1.38. The van der Waals surface area contributed by atoms with E-state index in [0.29, 0.717) is 23.6 Å². The first-order chi connectivity index (χ1) is 6.24. The molecule has 1 aromatic rings. The van der Waals surface area contributed by atoms with Crippen LogP contribution < -0.4 is 5.43 Å². The maximum absolute atomic E-state index is 5.15. The zero-order chi connectivity index (χ0) is 9.26. The van der Waals surface area contributed by atoms with Crippen molar-refractivity contribution in [3.05, 3.63) is 17.7 Å². The van der Waals surface area contributed by atoms with E-state index in [1.165, 1.54) is 0 Å². The zero-order valence-corrected chi connectivity index (χ0v) is 7.24. The number of ether oxygens (including phenoxy) is 1. The molecule has 1 aliphatic rings. The maximum Gasteiger partial charge on any atom is 0.245 e. The number of aryl methyl sites for hydroxylation is 1. The normalized spacial score (nSPS) is 18.3. The molecule has 0 aromatic carbocycles. The average Bonchev–Trinajstić information content (AvgIpc) is 2.62. The van der Waals surface area contributed by atoms with Gasteiger partial charge in [-0.1, -0.05) is 0 Å². The Morgan fingerprint density at radius 1 is 1.31 bits per heavy atom. The Bertz CT molecular complexity index is 380. The molecule has 1 aliphatic heterocycles. The second-order valence-corrected chi connectivity index (χ2v) is 2.51. The first-order valence-electron chi connectivity index (χ1n) is 3.74. The highest BCUT2D eigenvalue weighted by Crippen LogP contribution is 2.08. The van der Waals surface area contributed by atoms with Crippen LogP contribution in [0.5, 0.6) is 0 Å². The van der Waals surface area contributed by atoms with Gasteiger partial charge < -0.3 is 9.15 Å². The number of aromatic nitrogens is 2. The van der Waals surface area contributed by atoms with Crippen LogP contribution in [-0.4, -0.2) is 16.1 Å². The SMILES string of the molecule is CC1=NN/C(=C\c2nnc(C)o2)O1. The molecule has 0 saturated carbocycles. The highest BCUT2D eigenvalue weighted by atomic mass is 16.5. The second-order valence-electron chi connectivity index (χ2n) is 2.51. The summed E-state index contributed by atoms with van der Waals surface area (Å²) in [5, 5.41) is 11.2. The van der Waals surface area contributed by atoms with E-state index in [1.807, 2.05) is 0 Å². The van der Waals surface area contributed by atoms with Gasteiger partial charge in [0.1, 0.15) is 0 Å². The van der Waals surface area contributed by atoms with E-state index in [9.17, 15) is 0 Å². The lowest BCUT2D eigenvalue weighted by Gasteiger charge is -1.93. The summed E-state index contributed by atoms with van der Waals surface area (Å²) in [6, 6.07) is 0. The predicted octanol–water partition coefficient (Wildman–Crippen LogP) is 0.630. The quantitative estimate of drug-likeness (QED) is 0.686. The van der Waals surface area contributed by atoms with E-state index in [-0.39, 0.29) is 0 Å². The van der Waals surface area contributed by atoms with E-state index in [4.69, 9.17) is 9.15 Å². The van der Waals surface area contributed by atoms with E-state index in [1.54, 1.807) is 19.9 Å². The molecule has 2 rings (SSSR count). The molecule has 0 unspecified atom stereocenters. The monoisotopic (exact) mass is 180 g/mol. The third kappa shape index (κ3) is 1.66. The van der Waals surface area contributed by atoms with E-state index < -0.39 is 0 Å². The average molecular weight is 180 g/mol. The van der Waals surface area contributed by atoms with Gasteiger partial charge in [0.2, 0.25) is 23.6 Å². The summed E-state index contributed by atoms with van der Waals surface area (Å²) >= 11 is 0. The van der Waals surface area contributed by atoms with E-state index >= 15 is 0 Å². The van der Waals surface area contributed by atoms with E-state index in [0.717, 1.165) is 0 Å². The molecule has 0 fully saturated rings. The molecule has 0 spiro atoms. The number of hydrogen-bond acceptors (Lipinski definition) is 6. The van der Waals surface area contributed by atoms with Crippen LogP contribution in [0.2, 0.25) is 0 Å². The minimum Gasteiger partial charge on any atom is -0.424 e. The summed E-state index contributed by atoms with van der Waals surface area (Å²) in [4.78, 5) is 0. The molecular formula is C7H8N4O2. The lowest BCUT2D eigenvalue weighted by molar-refractivity contribution is 0.415. The van der Waals surface area contributed by atoms with Crippen LogP contribution in [-0.2, 0) is 4.74 Å². The summed E-state index contributed by atoms with van der Waals surface area (Å²) in [5.74, 6) is 1.95. The van der Waals surface area contributed by atoms with Gasteiger partial charge in [-0.05, 0) is 0 Å². The highest BCUT2D eigenvalue weighted by molar-refractivity contribution is 5.76. The highest BCUT2D eigenvalue weighted by Gasteiger charge is 2.09. The molecule has 13 heavy (non-hydrogen) atoms. The summed E-state index contributed by atoms with van der Waals surface area (Å²) in [6.07, 6.45) is 1.58. The van der Waals surface area contributed by atoms with Crippen molar-refractivity contribution in [2.45, 2.75) is 13.8 Å². The first-order valence-corrected chi connectivity index (χ1v) is 3.74. The zero-order valence-electron chi connectivity index (χ0n) is 7.24. The summed E-state index contributed by atoms with van der Waals surface area (Å²) < 4.78 is 10.3. The fourth-order valence-electron chi connectivity index (χ4n) is 0.883. The molecule has 1 aromatic heterocycles. The van der Waals surface area contributed by atoms with E-state index in [2.05, 4.69) is 20.7 Å². The molecule has 0 atom stereocenters. The van der Waals surface area contributed by atoms with Gasteiger partial charge in [-0.3, -0.25) is 0 Å². The first kappa shape index (κ1) is 7.78.